The van der Waals surface area contributed by atoms with Crippen LogP contribution in [-0.2, 0) is 0 Å². The third kappa shape index (κ3) is 3.73. The molecule has 1 aliphatic carbocycles. The molecule has 0 amide bonds. The fraction of sp³-hybridized carbons (Fsp3) is 0.636. The fourth-order valence-corrected chi connectivity index (χ4v) is 0.932. The van der Waals surface area contributed by atoms with Gasteiger partial charge in [-0.3, -0.25) is 0 Å². The van der Waals surface area contributed by atoms with E-state index < -0.39 is 0 Å². The minimum atomic E-state index is 0.507. The van der Waals surface area contributed by atoms with Gasteiger partial charge in [-0.2, -0.15) is 0 Å². The molecule has 2 rings (SSSR count). The second-order valence-corrected chi connectivity index (χ2v) is 3.30. The largest absolute Gasteiger partial charge is 0.463 e. The van der Waals surface area contributed by atoms with Gasteiger partial charge in [0.25, 0.3) is 0 Å². The number of nitrogens with zero attached hydrogens (tertiary/aromatic N) is 2. The van der Waals surface area contributed by atoms with E-state index in [2.05, 4.69) is 9.97 Å². The quantitative estimate of drug-likeness (QED) is 0.741. The molecule has 0 unspecified atom stereocenters. The lowest BCUT2D eigenvalue weighted by atomic mass is 10.4. The van der Waals surface area contributed by atoms with Gasteiger partial charge in [0.15, 0.2) is 0 Å². The maximum atomic E-state index is 5.36. The van der Waals surface area contributed by atoms with Crippen molar-refractivity contribution >= 4 is 0 Å². The van der Waals surface area contributed by atoms with Gasteiger partial charge in [-0.25, -0.2) is 9.97 Å². The molecule has 78 valence electrons. The second-order valence-electron chi connectivity index (χ2n) is 3.30. The molecule has 0 aliphatic heterocycles. The van der Waals surface area contributed by atoms with Gasteiger partial charge in [0, 0.05) is 12.4 Å². The Bertz CT molecular complexity index is 254. The maximum Gasteiger partial charge on any atom is 0.316 e. The fourth-order valence-electron chi connectivity index (χ4n) is 0.932. The summed E-state index contributed by atoms with van der Waals surface area (Å²) in [4.78, 5) is 8.09. The summed E-state index contributed by atoms with van der Waals surface area (Å²) in [6, 6.07) is 0.507. The number of aryl methyl sites for hydroxylation is 1. The van der Waals surface area contributed by atoms with Crippen molar-refractivity contribution in [2.24, 2.45) is 5.92 Å². The highest BCUT2D eigenvalue weighted by Gasteiger charge is 2.22. The van der Waals surface area contributed by atoms with Crippen molar-refractivity contribution in [3.05, 3.63) is 18.0 Å². The van der Waals surface area contributed by atoms with Crippen LogP contribution >= 0.6 is 0 Å². The van der Waals surface area contributed by atoms with Gasteiger partial charge >= 0.3 is 6.01 Å². The summed E-state index contributed by atoms with van der Waals surface area (Å²) in [5.74, 6) is 0.759. The summed E-state index contributed by atoms with van der Waals surface area (Å²) in [6.07, 6.45) is 6.14. The van der Waals surface area contributed by atoms with E-state index in [0.717, 1.165) is 18.1 Å². The molecule has 1 aromatic heterocycles. The summed E-state index contributed by atoms with van der Waals surface area (Å²) in [7, 11) is 0. The number of hydrogen-bond acceptors (Lipinski definition) is 3. The normalized spacial score (nSPS) is 14.2. The van der Waals surface area contributed by atoms with E-state index in [9.17, 15) is 0 Å². The number of hydrogen-bond donors (Lipinski definition) is 0. The van der Waals surface area contributed by atoms with Gasteiger partial charge in [-0.15, -0.1) is 0 Å². The molecule has 0 radical (unpaired) electrons. The van der Waals surface area contributed by atoms with Gasteiger partial charge in [0.2, 0.25) is 0 Å². The van der Waals surface area contributed by atoms with E-state index in [1.165, 1.54) is 12.8 Å². The summed E-state index contributed by atoms with van der Waals surface area (Å²) >= 11 is 0. The average Bonchev–Trinajstić information content (AvgIpc) is 3.04. The first kappa shape index (κ1) is 11.0. The van der Waals surface area contributed by atoms with Crippen LogP contribution in [0.1, 0.15) is 32.3 Å². The SMILES string of the molecule is CC.Cc1cnc(OCC2CC2)nc1. The Morgan fingerprint density at radius 2 is 1.86 bits per heavy atom. The lowest BCUT2D eigenvalue weighted by Gasteiger charge is -2.01. The molecule has 1 aromatic rings. The smallest absolute Gasteiger partial charge is 0.316 e. The summed E-state index contributed by atoms with van der Waals surface area (Å²) in [5.41, 5.74) is 1.06. The van der Waals surface area contributed by atoms with Crippen molar-refractivity contribution < 1.29 is 4.74 Å². The molecule has 3 heteroatoms. The zero-order valence-electron chi connectivity index (χ0n) is 9.16. The molecule has 0 spiro atoms. The summed E-state index contributed by atoms with van der Waals surface area (Å²) in [6.45, 7) is 6.74. The predicted molar refractivity (Wildman–Crippen MR) is 56.3 cm³/mol. The molecule has 0 N–H and O–H groups in total. The Morgan fingerprint density at radius 1 is 1.29 bits per heavy atom. The van der Waals surface area contributed by atoms with Gasteiger partial charge in [-0.1, -0.05) is 13.8 Å². The van der Waals surface area contributed by atoms with Crippen LogP contribution in [0.4, 0.5) is 0 Å². The molecule has 14 heavy (non-hydrogen) atoms. The molecule has 1 saturated carbocycles. The van der Waals surface area contributed by atoms with E-state index >= 15 is 0 Å². The van der Waals surface area contributed by atoms with Gasteiger partial charge < -0.3 is 4.74 Å². The second kappa shape index (κ2) is 5.58. The van der Waals surface area contributed by atoms with Crippen LogP contribution in [0.2, 0.25) is 0 Å². The van der Waals surface area contributed by atoms with Crippen LogP contribution in [0.15, 0.2) is 12.4 Å². The Hall–Kier alpha value is -1.12. The van der Waals surface area contributed by atoms with Crippen LogP contribution in [0, 0.1) is 12.8 Å². The van der Waals surface area contributed by atoms with E-state index in [1.807, 2.05) is 20.8 Å². The van der Waals surface area contributed by atoms with Crippen LogP contribution in [0.25, 0.3) is 0 Å². The first-order valence-electron chi connectivity index (χ1n) is 5.26. The van der Waals surface area contributed by atoms with E-state index in [-0.39, 0.29) is 0 Å². The molecule has 1 aliphatic rings. The number of rotatable bonds is 3. The zero-order chi connectivity index (χ0) is 10.4. The topological polar surface area (TPSA) is 35.0 Å². The molecule has 1 heterocycles. The molecule has 3 nitrogen and oxygen atoms in total. The molecular formula is C11H18N2O. The highest BCUT2D eigenvalue weighted by Crippen LogP contribution is 2.28. The van der Waals surface area contributed by atoms with Crippen molar-refractivity contribution in [2.45, 2.75) is 33.6 Å². The van der Waals surface area contributed by atoms with Gasteiger partial charge in [-0.05, 0) is 31.2 Å². The third-order valence-corrected chi connectivity index (χ3v) is 1.90. The van der Waals surface area contributed by atoms with E-state index in [0.29, 0.717) is 6.01 Å². The molecule has 1 fully saturated rings. The summed E-state index contributed by atoms with van der Waals surface area (Å²) < 4.78 is 5.36. The van der Waals surface area contributed by atoms with Crippen LogP contribution in [0.3, 0.4) is 0 Å². The monoisotopic (exact) mass is 194 g/mol. The first-order chi connectivity index (χ1) is 6.84. The number of ether oxygens (including phenoxy) is 1. The zero-order valence-corrected chi connectivity index (χ0v) is 9.16. The van der Waals surface area contributed by atoms with Crippen LogP contribution in [-0.4, -0.2) is 16.6 Å². The Kier molecular flexibility index (Phi) is 4.36. The predicted octanol–water partition coefficient (Wildman–Crippen LogP) is 2.60. The molecule has 0 bridgehead atoms. The van der Waals surface area contributed by atoms with Crippen molar-refractivity contribution in [3.63, 3.8) is 0 Å². The van der Waals surface area contributed by atoms with Crippen LogP contribution < -0.4 is 4.74 Å². The average molecular weight is 194 g/mol. The highest BCUT2D eigenvalue weighted by atomic mass is 16.5. The van der Waals surface area contributed by atoms with Gasteiger partial charge in [0.05, 0.1) is 6.61 Å². The van der Waals surface area contributed by atoms with E-state index in [4.69, 9.17) is 4.74 Å². The highest BCUT2D eigenvalue weighted by molar-refractivity contribution is 5.04. The lowest BCUT2D eigenvalue weighted by molar-refractivity contribution is 0.276. The first-order valence-corrected chi connectivity index (χ1v) is 5.26. The third-order valence-electron chi connectivity index (χ3n) is 1.90. The standard InChI is InChI=1S/C9H12N2O.C2H6/c1-7-4-10-9(11-5-7)12-6-8-2-3-8;1-2/h4-5,8H,2-3,6H2,1H3;1-2H3. The minimum absolute atomic E-state index is 0.507. The Labute approximate surface area is 85.5 Å². The lowest BCUT2D eigenvalue weighted by Crippen LogP contribution is -2.02. The van der Waals surface area contributed by atoms with Crippen molar-refractivity contribution in [3.8, 4) is 6.01 Å². The Balaban J connectivity index is 0.000000461. The van der Waals surface area contributed by atoms with Crippen molar-refractivity contribution in [1.82, 2.24) is 9.97 Å². The van der Waals surface area contributed by atoms with Crippen LogP contribution in [0.5, 0.6) is 6.01 Å². The van der Waals surface area contributed by atoms with Crippen molar-refractivity contribution in [1.29, 1.82) is 0 Å². The molecule has 0 atom stereocenters. The van der Waals surface area contributed by atoms with E-state index in [1.54, 1.807) is 12.4 Å². The minimum Gasteiger partial charge on any atom is -0.463 e. The summed E-state index contributed by atoms with van der Waals surface area (Å²) in [5, 5.41) is 0. The molecule has 0 saturated heterocycles. The molecule has 0 aromatic carbocycles. The molecular weight excluding hydrogens is 176 g/mol. The Morgan fingerprint density at radius 3 is 2.36 bits per heavy atom. The van der Waals surface area contributed by atoms with Crippen molar-refractivity contribution in [2.75, 3.05) is 6.61 Å². The number of aromatic nitrogens is 2. The maximum absolute atomic E-state index is 5.36. The van der Waals surface area contributed by atoms with Gasteiger partial charge in [0.1, 0.15) is 0 Å².